The highest BCUT2D eigenvalue weighted by Gasteiger charge is 2.18. The van der Waals surface area contributed by atoms with Gasteiger partial charge in [-0.25, -0.2) is 4.98 Å². The van der Waals surface area contributed by atoms with Crippen LogP contribution in [0.15, 0.2) is 66.9 Å². The number of benzene rings is 2. The zero-order valence-corrected chi connectivity index (χ0v) is 17.6. The van der Waals surface area contributed by atoms with E-state index in [1.54, 1.807) is 23.1 Å². The summed E-state index contributed by atoms with van der Waals surface area (Å²) in [5, 5.41) is 6.46. The first-order valence-electron chi connectivity index (χ1n) is 10.4. The van der Waals surface area contributed by atoms with Gasteiger partial charge < -0.3 is 26.0 Å². The molecule has 1 aromatic heterocycles. The molecule has 0 unspecified atom stereocenters. The zero-order valence-electron chi connectivity index (χ0n) is 17.6. The Morgan fingerprint density at radius 1 is 1.03 bits per heavy atom. The standard InChI is InChI=1S/C24H25N5O3/c25-23(30)20-16-27-22(14-21(20)26-15-17-4-2-1-3-5-17)28-19-8-6-18(7-9-19)24(31)29-10-12-32-13-11-29/h1-9,14,16H,10-13,15H2,(H2,25,30)(H2,26,27,28). The number of rotatable bonds is 7. The van der Waals surface area contributed by atoms with E-state index in [9.17, 15) is 9.59 Å². The Balaban J connectivity index is 1.46. The van der Waals surface area contributed by atoms with Crippen molar-refractivity contribution in [2.45, 2.75) is 6.54 Å². The van der Waals surface area contributed by atoms with Crippen molar-refractivity contribution in [3.05, 3.63) is 83.6 Å². The minimum atomic E-state index is -0.550. The van der Waals surface area contributed by atoms with Gasteiger partial charge in [0.1, 0.15) is 5.82 Å². The predicted molar refractivity (Wildman–Crippen MR) is 123 cm³/mol. The molecular formula is C24H25N5O3. The van der Waals surface area contributed by atoms with Crippen LogP contribution >= 0.6 is 0 Å². The van der Waals surface area contributed by atoms with Crippen LogP contribution in [0.2, 0.25) is 0 Å². The SMILES string of the molecule is NC(=O)c1cnc(Nc2ccc(C(=O)N3CCOCC3)cc2)cc1NCc1ccccc1. The van der Waals surface area contributed by atoms with Crippen LogP contribution in [-0.4, -0.2) is 48.0 Å². The smallest absolute Gasteiger partial charge is 0.254 e. The van der Waals surface area contributed by atoms with Crippen LogP contribution < -0.4 is 16.4 Å². The van der Waals surface area contributed by atoms with Gasteiger partial charge in [-0.05, 0) is 29.8 Å². The molecule has 2 heterocycles. The highest BCUT2D eigenvalue weighted by molar-refractivity contribution is 5.98. The third-order valence-corrected chi connectivity index (χ3v) is 5.20. The lowest BCUT2D eigenvalue weighted by Gasteiger charge is -2.26. The number of aromatic nitrogens is 1. The molecule has 0 aliphatic carbocycles. The Morgan fingerprint density at radius 2 is 1.75 bits per heavy atom. The zero-order chi connectivity index (χ0) is 22.3. The highest BCUT2D eigenvalue weighted by atomic mass is 16.5. The molecule has 4 N–H and O–H groups in total. The number of pyridine rings is 1. The number of carbonyl (C=O) groups excluding carboxylic acids is 2. The van der Waals surface area contributed by atoms with Gasteiger partial charge in [0, 0.05) is 43.1 Å². The van der Waals surface area contributed by atoms with Gasteiger partial charge in [-0.2, -0.15) is 0 Å². The molecule has 4 rings (SSSR count). The summed E-state index contributed by atoms with van der Waals surface area (Å²) in [4.78, 5) is 30.5. The molecule has 8 nitrogen and oxygen atoms in total. The third kappa shape index (κ3) is 5.22. The first kappa shape index (κ1) is 21.3. The van der Waals surface area contributed by atoms with Crippen molar-refractivity contribution in [1.29, 1.82) is 0 Å². The van der Waals surface area contributed by atoms with Crippen LogP contribution in [0.3, 0.4) is 0 Å². The summed E-state index contributed by atoms with van der Waals surface area (Å²) in [7, 11) is 0. The molecule has 8 heteroatoms. The summed E-state index contributed by atoms with van der Waals surface area (Å²) in [6.07, 6.45) is 1.45. The van der Waals surface area contributed by atoms with Crippen LogP contribution in [-0.2, 0) is 11.3 Å². The number of anilines is 3. The second kappa shape index (κ2) is 9.93. The number of nitrogens with zero attached hydrogens (tertiary/aromatic N) is 2. The van der Waals surface area contributed by atoms with Crippen LogP contribution in [0.4, 0.5) is 17.2 Å². The van der Waals surface area contributed by atoms with Crippen molar-refractivity contribution in [2.75, 3.05) is 36.9 Å². The van der Waals surface area contributed by atoms with Crippen molar-refractivity contribution < 1.29 is 14.3 Å². The van der Waals surface area contributed by atoms with E-state index in [1.807, 2.05) is 42.5 Å². The van der Waals surface area contributed by atoms with Gasteiger partial charge in [-0.15, -0.1) is 0 Å². The maximum Gasteiger partial charge on any atom is 0.254 e. The second-order valence-electron chi connectivity index (χ2n) is 7.43. The molecule has 1 saturated heterocycles. The number of primary amides is 1. The normalized spacial score (nSPS) is 13.4. The van der Waals surface area contributed by atoms with Crippen LogP contribution in [0.1, 0.15) is 26.3 Å². The number of ether oxygens (including phenoxy) is 1. The molecular weight excluding hydrogens is 406 g/mol. The second-order valence-corrected chi connectivity index (χ2v) is 7.43. The number of morpholine rings is 1. The molecule has 0 bridgehead atoms. The monoisotopic (exact) mass is 431 g/mol. The summed E-state index contributed by atoms with van der Waals surface area (Å²) < 4.78 is 5.30. The van der Waals surface area contributed by atoms with Gasteiger partial charge in [0.15, 0.2) is 0 Å². The summed E-state index contributed by atoms with van der Waals surface area (Å²) in [6, 6.07) is 18.8. The van der Waals surface area contributed by atoms with Crippen LogP contribution in [0.5, 0.6) is 0 Å². The van der Waals surface area contributed by atoms with Crippen molar-refractivity contribution in [2.24, 2.45) is 5.73 Å². The van der Waals surface area contributed by atoms with E-state index in [-0.39, 0.29) is 5.91 Å². The largest absolute Gasteiger partial charge is 0.380 e. The third-order valence-electron chi connectivity index (χ3n) is 5.20. The maximum atomic E-state index is 12.6. The molecule has 3 aromatic rings. The van der Waals surface area contributed by atoms with Crippen LogP contribution in [0.25, 0.3) is 0 Å². The Kier molecular flexibility index (Phi) is 6.62. The Morgan fingerprint density at radius 3 is 2.44 bits per heavy atom. The molecule has 32 heavy (non-hydrogen) atoms. The van der Waals surface area contributed by atoms with E-state index in [1.165, 1.54) is 6.20 Å². The maximum absolute atomic E-state index is 12.6. The van der Waals surface area contributed by atoms with Gasteiger partial charge in [0.2, 0.25) is 0 Å². The summed E-state index contributed by atoms with van der Waals surface area (Å²) >= 11 is 0. The molecule has 164 valence electrons. The minimum Gasteiger partial charge on any atom is -0.380 e. The summed E-state index contributed by atoms with van der Waals surface area (Å²) in [5.74, 6) is -0.000378. The van der Waals surface area contributed by atoms with Gasteiger partial charge in [0.25, 0.3) is 11.8 Å². The molecule has 1 aliphatic rings. The van der Waals surface area contributed by atoms with Gasteiger partial charge in [0.05, 0.1) is 24.5 Å². The van der Waals surface area contributed by atoms with Gasteiger partial charge >= 0.3 is 0 Å². The molecule has 2 amide bonds. The molecule has 1 aliphatic heterocycles. The number of nitrogens with one attached hydrogen (secondary N) is 2. The molecule has 2 aromatic carbocycles. The average molecular weight is 431 g/mol. The number of hydrogen-bond acceptors (Lipinski definition) is 6. The summed E-state index contributed by atoms with van der Waals surface area (Å²) in [6.45, 7) is 2.89. The summed E-state index contributed by atoms with van der Waals surface area (Å²) in [5.41, 5.74) is 8.90. The number of carbonyl (C=O) groups is 2. The van der Waals surface area contributed by atoms with E-state index >= 15 is 0 Å². The van der Waals surface area contributed by atoms with E-state index in [0.717, 1.165) is 11.3 Å². The number of hydrogen-bond donors (Lipinski definition) is 3. The van der Waals surface area contributed by atoms with Crippen molar-refractivity contribution in [1.82, 2.24) is 9.88 Å². The van der Waals surface area contributed by atoms with Crippen LogP contribution in [0, 0.1) is 0 Å². The van der Waals surface area contributed by atoms with E-state index in [0.29, 0.717) is 55.5 Å². The molecule has 0 atom stereocenters. The number of amides is 2. The Labute approximate surface area is 186 Å². The first-order valence-corrected chi connectivity index (χ1v) is 10.4. The minimum absolute atomic E-state index is 0.00353. The highest BCUT2D eigenvalue weighted by Crippen LogP contribution is 2.23. The topological polar surface area (TPSA) is 110 Å². The lowest BCUT2D eigenvalue weighted by atomic mass is 10.1. The first-order chi connectivity index (χ1) is 15.6. The van der Waals surface area contributed by atoms with E-state index < -0.39 is 5.91 Å². The predicted octanol–water partition coefficient (Wildman–Crippen LogP) is 3.01. The molecule has 0 saturated carbocycles. The fourth-order valence-corrected chi connectivity index (χ4v) is 3.45. The quantitative estimate of drug-likeness (QED) is 0.531. The van der Waals surface area contributed by atoms with Gasteiger partial charge in [-0.3, -0.25) is 9.59 Å². The molecule has 0 radical (unpaired) electrons. The van der Waals surface area contributed by atoms with Crippen molar-refractivity contribution in [3.63, 3.8) is 0 Å². The fraction of sp³-hybridized carbons (Fsp3) is 0.208. The fourth-order valence-electron chi connectivity index (χ4n) is 3.45. The van der Waals surface area contributed by atoms with Gasteiger partial charge in [-0.1, -0.05) is 30.3 Å². The van der Waals surface area contributed by atoms with E-state index in [2.05, 4.69) is 15.6 Å². The average Bonchev–Trinajstić information content (AvgIpc) is 2.84. The molecule has 1 fully saturated rings. The van der Waals surface area contributed by atoms with Crippen molar-refractivity contribution >= 4 is 29.0 Å². The number of nitrogens with two attached hydrogens (primary N) is 1. The Bertz CT molecular complexity index is 1080. The van der Waals surface area contributed by atoms with Crippen molar-refractivity contribution in [3.8, 4) is 0 Å². The Hall–Kier alpha value is -3.91. The molecule has 0 spiro atoms. The lowest BCUT2D eigenvalue weighted by molar-refractivity contribution is 0.0303. The lowest BCUT2D eigenvalue weighted by Crippen LogP contribution is -2.40. The van der Waals surface area contributed by atoms with E-state index in [4.69, 9.17) is 10.5 Å².